The first kappa shape index (κ1) is 26.0. The number of hydrogen-bond acceptors (Lipinski definition) is 0. The molecule has 0 aromatic heterocycles. The minimum Gasteiger partial charge on any atom is -0.0620 e. The molecule has 0 heterocycles. The monoisotopic (exact) mass is 552 g/mol. The van der Waals surface area contributed by atoms with Crippen LogP contribution >= 0.6 is 0 Å². The Morgan fingerprint density at radius 3 is 1.63 bits per heavy atom. The number of fused-ring (bicyclic) bond motifs is 6. The summed E-state index contributed by atoms with van der Waals surface area (Å²) in [5.41, 5.74) is 16.9. The summed E-state index contributed by atoms with van der Waals surface area (Å²) in [5.74, 6) is 1.40. The highest BCUT2D eigenvalue weighted by Gasteiger charge is 2.29. The fourth-order valence-corrected chi connectivity index (χ4v) is 7.78. The summed E-state index contributed by atoms with van der Waals surface area (Å²) in [6.45, 7) is 2.40. The molecule has 0 heteroatoms. The zero-order chi connectivity index (χ0) is 28.8. The quantitative estimate of drug-likeness (QED) is 0.193. The van der Waals surface area contributed by atoms with E-state index in [1.165, 1.54) is 66.8 Å². The second kappa shape index (κ2) is 10.9. The summed E-state index contributed by atoms with van der Waals surface area (Å²) in [4.78, 5) is 0. The van der Waals surface area contributed by atoms with Gasteiger partial charge in [-0.2, -0.15) is 0 Å². The number of hydrogen-bond donors (Lipinski definition) is 0. The zero-order valence-corrected chi connectivity index (χ0v) is 24.7. The third-order valence-corrected chi connectivity index (χ3v) is 10.1. The van der Waals surface area contributed by atoms with E-state index in [1.807, 2.05) is 0 Å². The van der Waals surface area contributed by atoms with Gasteiger partial charge in [-0.15, -0.1) is 0 Å². The molecule has 2 aliphatic rings. The van der Waals surface area contributed by atoms with E-state index >= 15 is 0 Å². The van der Waals surface area contributed by atoms with Crippen molar-refractivity contribution in [2.24, 2.45) is 0 Å². The van der Waals surface area contributed by atoms with Gasteiger partial charge in [0.1, 0.15) is 0 Å². The maximum Gasteiger partial charge on any atom is 0.0105 e. The topological polar surface area (TPSA) is 0 Å². The summed E-state index contributed by atoms with van der Waals surface area (Å²) in [6.07, 6.45) is 3.31. The van der Waals surface area contributed by atoms with E-state index in [0.717, 1.165) is 19.3 Å². The van der Waals surface area contributed by atoms with Gasteiger partial charge in [0.05, 0.1) is 0 Å². The lowest BCUT2D eigenvalue weighted by molar-refractivity contribution is 0.568. The Morgan fingerprint density at radius 2 is 1.00 bits per heavy atom. The standard InChI is InChI=1S/C43H36/c1-29(43-28-34-10-2-3-11-35(34)36-12-4-9-17-41(36)43)31-23-25-33(26-24-31)32-21-18-30(19-22-32)20-27-42-39-15-7-5-13-37(39)38-14-6-8-16-40(38)42/h2-19,21-26,29,42-43H,20,27-28H2,1H3. The van der Waals surface area contributed by atoms with Crippen molar-refractivity contribution in [1.29, 1.82) is 0 Å². The van der Waals surface area contributed by atoms with Gasteiger partial charge < -0.3 is 0 Å². The van der Waals surface area contributed by atoms with Crippen LogP contribution in [0.3, 0.4) is 0 Å². The average Bonchev–Trinajstić information content (AvgIpc) is 3.40. The van der Waals surface area contributed by atoms with Crippen LogP contribution in [-0.4, -0.2) is 0 Å². The fourth-order valence-electron chi connectivity index (χ4n) is 7.78. The minimum atomic E-state index is 0.441. The smallest absolute Gasteiger partial charge is 0.0105 e. The highest BCUT2D eigenvalue weighted by molar-refractivity contribution is 5.79. The number of benzene rings is 6. The summed E-state index contributed by atoms with van der Waals surface area (Å²) in [7, 11) is 0. The predicted octanol–water partition coefficient (Wildman–Crippen LogP) is 11.2. The van der Waals surface area contributed by atoms with Crippen LogP contribution in [-0.2, 0) is 12.8 Å². The first-order chi connectivity index (χ1) is 21.2. The maximum atomic E-state index is 2.40. The Balaban J connectivity index is 0.976. The molecule has 2 aliphatic carbocycles. The lowest BCUT2D eigenvalue weighted by Gasteiger charge is -2.32. The molecule has 2 unspecified atom stereocenters. The van der Waals surface area contributed by atoms with Gasteiger partial charge in [-0.1, -0.05) is 153 Å². The Morgan fingerprint density at radius 1 is 0.512 bits per heavy atom. The van der Waals surface area contributed by atoms with E-state index in [2.05, 4.69) is 153 Å². The Kier molecular flexibility index (Phi) is 6.56. The molecule has 0 amide bonds. The summed E-state index contributed by atoms with van der Waals surface area (Å²) >= 11 is 0. The Hall–Kier alpha value is -4.68. The van der Waals surface area contributed by atoms with Crippen LogP contribution in [0.2, 0.25) is 0 Å². The normalized spacial score (nSPS) is 15.7. The van der Waals surface area contributed by atoms with Gasteiger partial charge in [0.2, 0.25) is 0 Å². The van der Waals surface area contributed by atoms with Crippen LogP contribution in [0.5, 0.6) is 0 Å². The molecule has 0 N–H and O–H groups in total. The fraction of sp³-hybridized carbons (Fsp3) is 0.163. The van der Waals surface area contributed by atoms with E-state index < -0.39 is 0 Å². The van der Waals surface area contributed by atoms with Gasteiger partial charge in [0, 0.05) is 5.92 Å². The van der Waals surface area contributed by atoms with Crippen molar-refractivity contribution in [1.82, 2.24) is 0 Å². The van der Waals surface area contributed by atoms with Gasteiger partial charge in [-0.05, 0) is 97.9 Å². The molecule has 208 valence electrons. The molecule has 0 bridgehead atoms. The molecule has 0 spiro atoms. The van der Waals surface area contributed by atoms with Gasteiger partial charge in [-0.3, -0.25) is 0 Å². The number of aryl methyl sites for hydroxylation is 1. The lowest BCUT2D eigenvalue weighted by atomic mass is 9.72. The Labute approximate surface area is 255 Å². The molecule has 8 rings (SSSR count). The molecular weight excluding hydrogens is 516 g/mol. The summed E-state index contributed by atoms with van der Waals surface area (Å²) in [6, 6.07) is 54.4. The second-order valence-electron chi connectivity index (χ2n) is 12.4. The van der Waals surface area contributed by atoms with Crippen LogP contribution < -0.4 is 0 Å². The van der Waals surface area contributed by atoms with E-state index in [9.17, 15) is 0 Å². The van der Waals surface area contributed by atoms with E-state index in [-0.39, 0.29) is 0 Å². The van der Waals surface area contributed by atoms with Crippen molar-refractivity contribution in [3.05, 3.63) is 179 Å². The molecule has 43 heavy (non-hydrogen) atoms. The van der Waals surface area contributed by atoms with Crippen molar-refractivity contribution in [3.8, 4) is 33.4 Å². The summed E-state index contributed by atoms with van der Waals surface area (Å²) in [5, 5.41) is 0. The molecule has 2 atom stereocenters. The lowest BCUT2D eigenvalue weighted by Crippen LogP contribution is -2.17. The third-order valence-electron chi connectivity index (χ3n) is 10.1. The van der Waals surface area contributed by atoms with Crippen molar-refractivity contribution in [2.75, 3.05) is 0 Å². The first-order valence-electron chi connectivity index (χ1n) is 15.8. The molecule has 0 nitrogen and oxygen atoms in total. The predicted molar refractivity (Wildman–Crippen MR) is 181 cm³/mol. The van der Waals surface area contributed by atoms with Gasteiger partial charge >= 0.3 is 0 Å². The SMILES string of the molecule is CC(c1ccc(-c2ccc(CCC3c4ccccc4-c4ccccc43)cc2)cc1)C1Cc2ccccc2-c2ccccc21. The van der Waals surface area contributed by atoms with Gasteiger partial charge in [0.25, 0.3) is 0 Å². The van der Waals surface area contributed by atoms with Crippen LogP contribution in [0.25, 0.3) is 33.4 Å². The Bertz CT molecular complexity index is 1860. The number of rotatable bonds is 6. The van der Waals surface area contributed by atoms with E-state index in [1.54, 1.807) is 0 Å². The van der Waals surface area contributed by atoms with Crippen LogP contribution in [0.1, 0.15) is 64.5 Å². The van der Waals surface area contributed by atoms with Crippen LogP contribution in [0.15, 0.2) is 146 Å². The molecule has 0 aliphatic heterocycles. The molecule has 0 radical (unpaired) electrons. The van der Waals surface area contributed by atoms with E-state index in [4.69, 9.17) is 0 Å². The molecule has 6 aromatic rings. The highest BCUT2D eigenvalue weighted by Crippen LogP contribution is 2.47. The largest absolute Gasteiger partial charge is 0.0620 e. The average molecular weight is 553 g/mol. The molecular formula is C43H36. The van der Waals surface area contributed by atoms with Crippen LogP contribution in [0.4, 0.5) is 0 Å². The molecule has 6 aromatic carbocycles. The van der Waals surface area contributed by atoms with Crippen molar-refractivity contribution in [3.63, 3.8) is 0 Å². The van der Waals surface area contributed by atoms with Gasteiger partial charge in [-0.25, -0.2) is 0 Å². The molecule has 0 saturated heterocycles. The second-order valence-corrected chi connectivity index (χ2v) is 12.4. The molecule has 0 fully saturated rings. The maximum absolute atomic E-state index is 2.40. The highest BCUT2D eigenvalue weighted by atomic mass is 14.3. The first-order valence-corrected chi connectivity index (χ1v) is 15.8. The minimum absolute atomic E-state index is 0.441. The summed E-state index contributed by atoms with van der Waals surface area (Å²) < 4.78 is 0. The van der Waals surface area contributed by atoms with E-state index in [0.29, 0.717) is 17.8 Å². The zero-order valence-electron chi connectivity index (χ0n) is 24.7. The van der Waals surface area contributed by atoms with Gasteiger partial charge in [0.15, 0.2) is 0 Å². The third kappa shape index (κ3) is 4.63. The van der Waals surface area contributed by atoms with Crippen molar-refractivity contribution >= 4 is 0 Å². The van der Waals surface area contributed by atoms with Crippen molar-refractivity contribution < 1.29 is 0 Å². The molecule has 0 saturated carbocycles. The van der Waals surface area contributed by atoms with Crippen LogP contribution in [0, 0.1) is 0 Å². The van der Waals surface area contributed by atoms with Crippen molar-refractivity contribution in [2.45, 2.75) is 43.9 Å².